The number of hydrogen-bond acceptors (Lipinski definition) is 2. The number of nitrogens with one attached hydrogen (secondary N) is 1. The number of benzene rings is 2. The van der Waals surface area contributed by atoms with Crippen molar-refractivity contribution in [2.45, 2.75) is 0 Å². The topological polar surface area (TPSA) is 55.1 Å². The maximum Gasteiger partial charge on any atom is 0.257 e. The normalized spacial score (nSPS) is 10.4. The van der Waals surface area contributed by atoms with E-state index >= 15 is 0 Å². The molecule has 0 unspecified atom stereocenters. The Bertz CT molecular complexity index is 694. The molecule has 0 fully saturated rings. The number of carbonyl (C=O) groups is 1. The third-order valence-corrected chi connectivity index (χ3v) is 4.31. The molecular weight excluding hydrogens is 370 g/mol. The van der Waals surface area contributed by atoms with Crippen LogP contribution in [-0.2, 0) is 0 Å². The first-order valence-corrected chi connectivity index (χ1v) is 6.95. The first-order chi connectivity index (χ1) is 9.40. The Morgan fingerprint density at radius 3 is 2.60 bits per heavy atom. The molecule has 0 aliphatic rings. The van der Waals surface area contributed by atoms with Gasteiger partial charge in [0.2, 0.25) is 0 Å². The molecule has 0 bridgehead atoms. The predicted octanol–water partition coefficient (Wildman–Crippen LogP) is 4.73. The minimum atomic E-state index is -0.567. The van der Waals surface area contributed by atoms with Crippen LogP contribution in [0.2, 0.25) is 10.0 Å². The van der Waals surface area contributed by atoms with E-state index in [4.69, 9.17) is 28.9 Å². The summed E-state index contributed by atoms with van der Waals surface area (Å²) in [5.41, 5.74) is 6.15. The van der Waals surface area contributed by atoms with Crippen LogP contribution in [0.25, 0.3) is 0 Å². The van der Waals surface area contributed by atoms with Crippen molar-refractivity contribution in [3.63, 3.8) is 0 Å². The molecule has 104 valence electrons. The highest BCUT2D eigenvalue weighted by Gasteiger charge is 2.15. The molecule has 0 radical (unpaired) electrons. The van der Waals surface area contributed by atoms with Gasteiger partial charge in [0.1, 0.15) is 5.82 Å². The minimum Gasteiger partial charge on any atom is -0.398 e. The first-order valence-electron chi connectivity index (χ1n) is 5.40. The molecule has 0 saturated heterocycles. The number of anilines is 2. The van der Waals surface area contributed by atoms with E-state index in [2.05, 4.69) is 21.2 Å². The number of rotatable bonds is 2. The van der Waals surface area contributed by atoms with Crippen LogP contribution in [0.1, 0.15) is 10.4 Å². The van der Waals surface area contributed by atoms with Gasteiger partial charge < -0.3 is 11.1 Å². The van der Waals surface area contributed by atoms with Gasteiger partial charge in [-0.1, -0.05) is 23.2 Å². The highest BCUT2D eigenvalue weighted by molar-refractivity contribution is 9.10. The second-order valence-electron chi connectivity index (χ2n) is 3.91. The molecule has 0 aliphatic heterocycles. The molecule has 2 aromatic carbocycles. The predicted molar refractivity (Wildman–Crippen MR) is 82.9 cm³/mol. The van der Waals surface area contributed by atoms with E-state index in [1.165, 1.54) is 12.1 Å². The summed E-state index contributed by atoms with van der Waals surface area (Å²) in [5.74, 6) is -1.12. The summed E-state index contributed by atoms with van der Waals surface area (Å²) in [6.07, 6.45) is 0. The lowest BCUT2D eigenvalue weighted by Gasteiger charge is -2.10. The first kappa shape index (κ1) is 15.1. The Kier molecular flexibility index (Phi) is 4.52. The second-order valence-corrected chi connectivity index (χ2v) is 5.52. The largest absolute Gasteiger partial charge is 0.398 e. The standard InChI is InChI=1S/C13H8BrCl2FN2O/c14-8-2-4-10(12(16)11(8)15)19-13(20)7-5-6(17)1-3-9(7)18/h1-5H,18H2,(H,19,20). The molecule has 2 rings (SSSR count). The lowest BCUT2D eigenvalue weighted by atomic mass is 10.1. The summed E-state index contributed by atoms with van der Waals surface area (Å²) in [6, 6.07) is 6.76. The second kappa shape index (κ2) is 5.99. The van der Waals surface area contributed by atoms with E-state index in [1.54, 1.807) is 12.1 Å². The van der Waals surface area contributed by atoms with Crippen LogP contribution in [0, 0.1) is 5.82 Å². The van der Waals surface area contributed by atoms with Crippen molar-refractivity contribution in [1.29, 1.82) is 0 Å². The van der Waals surface area contributed by atoms with Crippen LogP contribution >= 0.6 is 39.1 Å². The van der Waals surface area contributed by atoms with Crippen LogP contribution in [0.4, 0.5) is 15.8 Å². The molecule has 0 aliphatic carbocycles. The summed E-state index contributed by atoms with van der Waals surface area (Å²) in [4.78, 5) is 12.1. The van der Waals surface area contributed by atoms with Crippen LogP contribution < -0.4 is 11.1 Å². The Hall–Kier alpha value is -1.30. The average molecular weight is 378 g/mol. The zero-order valence-electron chi connectivity index (χ0n) is 9.88. The maximum atomic E-state index is 13.2. The van der Waals surface area contributed by atoms with E-state index in [0.29, 0.717) is 10.2 Å². The molecule has 3 nitrogen and oxygen atoms in total. The van der Waals surface area contributed by atoms with E-state index < -0.39 is 11.7 Å². The van der Waals surface area contributed by atoms with Crippen LogP contribution in [0.15, 0.2) is 34.8 Å². The van der Waals surface area contributed by atoms with Gasteiger partial charge in [-0.2, -0.15) is 0 Å². The maximum absolute atomic E-state index is 13.2. The summed E-state index contributed by atoms with van der Waals surface area (Å²) < 4.78 is 13.8. The third kappa shape index (κ3) is 3.06. The molecular formula is C13H8BrCl2FN2O. The molecule has 0 saturated carbocycles. The molecule has 3 N–H and O–H groups in total. The van der Waals surface area contributed by atoms with Gasteiger partial charge in [-0.25, -0.2) is 4.39 Å². The van der Waals surface area contributed by atoms with Crippen LogP contribution in [-0.4, -0.2) is 5.91 Å². The van der Waals surface area contributed by atoms with Gasteiger partial charge in [0, 0.05) is 10.2 Å². The molecule has 0 heterocycles. The average Bonchev–Trinajstić information content (AvgIpc) is 2.42. The number of amides is 1. The summed E-state index contributed by atoms with van der Waals surface area (Å²) in [5, 5.41) is 3.00. The number of hydrogen-bond donors (Lipinski definition) is 2. The Balaban J connectivity index is 2.33. The van der Waals surface area contributed by atoms with Gasteiger partial charge >= 0.3 is 0 Å². The fourth-order valence-electron chi connectivity index (χ4n) is 1.54. The van der Waals surface area contributed by atoms with Crippen LogP contribution in [0.5, 0.6) is 0 Å². The third-order valence-electron chi connectivity index (χ3n) is 2.54. The number of carbonyl (C=O) groups excluding carboxylic acids is 1. The van der Waals surface area contributed by atoms with Crippen molar-refractivity contribution in [2.75, 3.05) is 11.1 Å². The van der Waals surface area contributed by atoms with Gasteiger partial charge in [-0.05, 0) is 46.3 Å². The van der Waals surface area contributed by atoms with E-state index in [-0.39, 0.29) is 21.3 Å². The Morgan fingerprint density at radius 1 is 1.20 bits per heavy atom. The van der Waals surface area contributed by atoms with Crippen molar-refractivity contribution < 1.29 is 9.18 Å². The molecule has 0 aromatic heterocycles. The smallest absolute Gasteiger partial charge is 0.257 e. The van der Waals surface area contributed by atoms with Gasteiger partial charge in [0.05, 0.1) is 21.3 Å². The fourth-order valence-corrected chi connectivity index (χ4v) is 2.36. The lowest BCUT2D eigenvalue weighted by Crippen LogP contribution is -2.14. The van der Waals surface area contributed by atoms with Crippen molar-refractivity contribution >= 4 is 56.4 Å². The van der Waals surface area contributed by atoms with E-state index in [0.717, 1.165) is 6.07 Å². The summed E-state index contributed by atoms with van der Waals surface area (Å²) in [6.45, 7) is 0. The molecule has 20 heavy (non-hydrogen) atoms. The molecule has 0 spiro atoms. The van der Waals surface area contributed by atoms with Crippen molar-refractivity contribution in [1.82, 2.24) is 0 Å². The van der Waals surface area contributed by atoms with Gasteiger partial charge in [-0.3, -0.25) is 4.79 Å². The molecule has 7 heteroatoms. The number of nitrogen functional groups attached to an aromatic ring is 1. The Labute approximate surface area is 133 Å². The van der Waals surface area contributed by atoms with E-state index in [1.807, 2.05) is 0 Å². The summed E-state index contributed by atoms with van der Waals surface area (Å²) >= 11 is 15.2. The number of halogens is 4. The number of nitrogens with two attached hydrogens (primary N) is 1. The minimum absolute atomic E-state index is 0.0279. The van der Waals surface area contributed by atoms with Gasteiger partial charge in [0.15, 0.2) is 0 Å². The molecule has 0 atom stereocenters. The zero-order valence-corrected chi connectivity index (χ0v) is 13.0. The van der Waals surface area contributed by atoms with Crippen molar-refractivity contribution in [2.24, 2.45) is 0 Å². The fraction of sp³-hybridized carbons (Fsp3) is 0. The van der Waals surface area contributed by atoms with Crippen LogP contribution in [0.3, 0.4) is 0 Å². The van der Waals surface area contributed by atoms with Gasteiger partial charge in [0.25, 0.3) is 5.91 Å². The quantitative estimate of drug-likeness (QED) is 0.587. The monoisotopic (exact) mass is 376 g/mol. The highest BCUT2D eigenvalue weighted by Crippen LogP contribution is 2.36. The SMILES string of the molecule is Nc1ccc(F)cc1C(=O)Nc1ccc(Br)c(Cl)c1Cl. The van der Waals surface area contributed by atoms with E-state index in [9.17, 15) is 9.18 Å². The molecule has 1 amide bonds. The zero-order chi connectivity index (χ0) is 14.9. The summed E-state index contributed by atoms with van der Waals surface area (Å²) in [7, 11) is 0. The lowest BCUT2D eigenvalue weighted by molar-refractivity contribution is 0.102. The van der Waals surface area contributed by atoms with Crippen molar-refractivity contribution in [3.8, 4) is 0 Å². The highest BCUT2D eigenvalue weighted by atomic mass is 79.9. The van der Waals surface area contributed by atoms with Gasteiger partial charge in [-0.15, -0.1) is 0 Å². The molecule has 2 aromatic rings. The Morgan fingerprint density at radius 2 is 1.90 bits per heavy atom. The van der Waals surface area contributed by atoms with Crippen molar-refractivity contribution in [3.05, 3.63) is 56.2 Å².